The molecule has 2 fully saturated rings. The van der Waals surface area contributed by atoms with Crippen LogP contribution in [0.4, 0.5) is 20.4 Å². The number of H-pyrrole nitrogens is 1. The van der Waals surface area contributed by atoms with Gasteiger partial charge in [-0.3, -0.25) is 14.9 Å². The number of nitrogens with two attached hydrogens (primary N) is 2. The maximum absolute atomic E-state index is 14.3. The number of nitrogens with one attached hydrogen (secondary N) is 1. The van der Waals surface area contributed by atoms with Crippen molar-refractivity contribution in [3.05, 3.63) is 71.8 Å². The van der Waals surface area contributed by atoms with Gasteiger partial charge in [-0.2, -0.15) is 14.7 Å². The first-order valence-corrected chi connectivity index (χ1v) is 15.8. The van der Waals surface area contributed by atoms with Crippen molar-refractivity contribution >= 4 is 33.0 Å². The first kappa shape index (κ1) is 27.9. The number of halogens is 2. The predicted molar refractivity (Wildman–Crippen MR) is 157 cm³/mol. The van der Waals surface area contributed by atoms with Crippen LogP contribution in [0.2, 0.25) is 0 Å². The van der Waals surface area contributed by atoms with E-state index in [-0.39, 0.29) is 46.0 Å². The number of amides is 1. The lowest BCUT2D eigenvalue weighted by Gasteiger charge is -2.39. The predicted octanol–water partition coefficient (Wildman–Crippen LogP) is 3.58. The molecule has 1 amide bonds. The number of anilines is 2. The number of hydrogen-bond acceptors (Lipinski definition) is 9. The van der Waals surface area contributed by atoms with Gasteiger partial charge < -0.3 is 16.4 Å². The maximum atomic E-state index is 14.3. The molecule has 12 nitrogen and oxygen atoms in total. The van der Waals surface area contributed by atoms with Crippen molar-refractivity contribution in [2.24, 2.45) is 0 Å². The van der Waals surface area contributed by atoms with E-state index in [1.54, 1.807) is 12.1 Å². The van der Waals surface area contributed by atoms with Crippen LogP contribution in [0.25, 0.3) is 28.0 Å². The van der Waals surface area contributed by atoms with E-state index in [1.807, 2.05) is 4.90 Å². The second kappa shape index (κ2) is 10.1. The monoisotopic (exact) mass is 619 g/mol. The highest BCUT2D eigenvalue weighted by Gasteiger charge is 2.46. The van der Waals surface area contributed by atoms with Gasteiger partial charge in [0, 0.05) is 59.3 Å². The Labute approximate surface area is 250 Å². The third-order valence-corrected chi connectivity index (χ3v) is 9.66. The molecule has 2 bridgehead atoms. The molecule has 7 rings (SSSR count). The van der Waals surface area contributed by atoms with E-state index >= 15 is 0 Å². The Morgan fingerprint density at radius 3 is 2.39 bits per heavy atom. The van der Waals surface area contributed by atoms with Crippen LogP contribution in [0.15, 0.2) is 53.7 Å². The lowest BCUT2D eigenvalue weighted by molar-refractivity contribution is 0.0562. The van der Waals surface area contributed by atoms with E-state index in [2.05, 4.69) is 20.3 Å². The summed E-state index contributed by atoms with van der Waals surface area (Å²) in [5, 5.41) is 10.9. The Bertz CT molecular complexity index is 2050. The Morgan fingerprint density at radius 2 is 1.77 bits per heavy atom. The molecule has 6 heterocycles. The Hall–Kier alpha value is -4.92. The number of carbonyl (C=O) groups excluding carboxylic acids is 1. The zero-order valence-corrected chi connectivity index (χ0v) is 24.2. The van der Waals surface area contributed by atoms with Gasteiger partial charge in [0.05, 0.1) is 17.6 Å². The molecule has 226 valence electrons. The van der Waals surface area contributed by atoms with Gasteiger partial charge in [-0.1, -0.05) is 6.07 Å². The highest BCUT2D eigenvalue weighted by Crippen LogP contribution is 2.46. The topological polar surface area (TPSA) is 178 Å². The van der Waals surface area contributed by atoms with Gasteiger partial charge in [-0.25, -0.2) is 22.2 Å². The first-order valence-electron chi connectivity index (χ1n) is 13.9. The standard InChI is InChI=1S/C29H27F2N9O3S/c1-44(42,43)26-25(15-8-17-4-5-18(9-15)39(17)29(41)23-11-24(32)38-37-23)36-28-20(13-35-40(28)27(26)33)14-2-7-22(34-12-14)19-6-3-16(30)10-21(19)31/h2-3,6-7,10-13,15,17-18H,4-5,8-9,33H2,1H3,(H3,32,37,38). The molecule has 2 aliphatic rings. The summed E-state index contributed by atoms with van der Waals surface area (Å²) >= 11 is 0. The van der Waals surface area contributed by atoms with Crippen LogP contribution in [0, 0.1) is 11.6 Å². The number of nitrogens with zero attached hydrogens (tertiary/aromatic N) is 6. The average Bonchev–Trinajstić information content (AvgIpc) is 3.67. The maximum Gasteiger partial charge on any atom is 0.272 e. The van der Waals surface area contributed by atoms with Gasteiger partial charge in [0.1, 0.15) is 33.9 Å². The molecule has 0 saturated carbocycles. The molecule has 4 aromatic heterocycles. The van der Waals surface area contributed by atoms with Crippen LogP contribution in [0.1, 0.15) is 47.8 Å². The molecule has 1 aromatic carbocycles. The van der Waals surface area contributed by atoms with E-state index in [0.717, 1.165) is 31.2 Å². The third-order valence-electron chi connectivity index (χ3n) is 8.50. The zero-order valence-electron chi connectivity index (χ0n) is 23.4. The summed E-state index contributed by atoms with van der Waals surface area (Å²) < 4.78 is 55.2. The SMILES string of the molecule is CS(=O)(=O)c1c(C2CC3CCC(C2)N3C(=O)c2cc(N)n[nH]2)nc2c(-c3ccc(-c4ccc(F)cc4F)nc3)cnn2c1N. The van der Waals surface area contributed by atoms with Crippen molar-refractivity contribution in [3.63, 3.8) is 0 Å². The van der Waals surface area contributed by atoms with Crippen molar-refractivity contribution in [1.29, 1.82) is 0 Å². The molecular weight excluding hydrogens is 592 g/mol. The molecule has 15 heteroatoms. The number of pyridine rings is 1. The second-order valence-corrected chi connectivity index (χ2v) is 13.3. The summed E-state index contributed by atoms with van der Waals surface area (Å²) in [5.74, 6) is -1.73. The lowest BCUT2D eigenvalue weighted by Crippen LogP contribution is -2.46. The van der Waals surface area contributed by atoms with Crippen molar-refractivity contribution in [2.45, 2.75) is 48.6 Å². The van der Waals surface area contributed by atoms with Gasteiger partial charge in [0.2, 0.25) is 0 Å². The summed E-state index contributed by atoms with van der Waals surface area (Å²) in [6.45, 7) is 0. The number of aromatic nitrogens is 6. The number of aromatic amines is 1. The smallest absolute Gasteiger partial charge is 0.272 e. The third kappa shape index (κ3) is 4.54. The number of benzene rings is 1. The average molecular weight is 620 g/mol. The summed E-state index contributed by atoms with van der Waals surface area (Å²) in [6, 6.07) is 7.82. The molecule has 44 heavy (non-hydrogen) atoms. The first-order chi connectivity index (χ1) is 21.0. The molecule has 5 N–H and O–H groups in total. The summed E-state index contributed by atoms with van der Waals surface area (Å²) in [4.78, 5) is 24.3. The van der Waals surface area contributed by atoms with Crippen LogP contribution in [0.5, 0.6) is 0 Å². The van der Waals surface area contributed by atoms with Crippen LogP contribution < -0.4 is 11.5 Å². The largest absolute Gasteiger partial charge is 0.382 e. The number of rotatable bonds is 5. The number of sulfone groups is 1. The van der Waals surface area contributed by atoms with E-state index in [0.29, 0.717) is 46.7 Å². The highest BCUT2D eigenvalue weighted by molar-refractivity contribution is 7.91. The van der Waals surface area contributed by atoms with E-state index in [9.17, 15) is 22.0 Å². The minimum absolute atomic E-state index is 0.0597. The zero-order chi connectivity index (χ0) is 30.9. The molecule has 2 atom stereocenters. The summed E-state index contributed by atoms with van der Waals surface area (Å²) in [5.41, 5.74) is 14.8. The van der Waals surface area contributed by atoms with Gasteiger partial charge in [-0.05, 0) is 43.9 Å². The van der Waals surface area contributed by atoms with E-state index < -0.39 is 21.5 Å². The van der Waals surface area contributed by atoms with Crippen molar-refractivity contribution in [3.8, 4) is 22.4 Å². The lowest BCUT2D eigenvalue weighted by atomic mass is 9.87. The number of piperidine rings is 1. The Kier molecular flexibility index (Phi) is 6.39. The van der Waals surface area contributed by atoms with Gasteiger partial charge in [0.15, 0.2) is 15.5 Å². The number of nitrogen functional groups attached to an aromatic ring is 2. The normalized spacial score (nSPS) is 20.0. The fraction of sp³-hybridized carbons (Fsp3) is 0.276. The highest BCUT2D eigenvalue weighted by atomic mass is 32.2. The minimum atomic E-state index is -3.82. The van der Waals surface area contributed by atoms with Crippen LogP contribution >= 0.6 is 0 Å². The quantitative estimate of drug-likeness (QED) is 0.265. The number of carbonyl (C=O) groups is 1. The molecule has 0 radical (unpaired) electrons. The van der Waals surface area contributed by atoms with Crippen LogP contribution in [0.3, 0.4) is 0 Å². The summed E-state index contributed by atoms with van der Waals surface area (Å²) in [7, 11) is -3.82. The fourth-order valence-electron chi connectivity index (χ4n) is 6.61. The van der Waals surface area contributed by atoms with E-state index in [4.69, 9.17) is 16.5 Å². The van der Waals surface area contributed by atoms with Crippen LogP contribution in [-0.2, 0) is 9.84 Å². The van der Waals surface area contributed by atoms with Gasteiger partial charge >= 0.3 is 0 Å². The van der Waals surface area contributed by atoms with Crippen molar-refractivity contribution in [2.75, 3.05) is 17.7 Å². The van der Waals surface area contributed by atoms with Gasteiger partial charge in [0.25, 0.3) is 5.91 Å². The fourth-order valence-corrected chi connectivity index (χ4v) is 7.66. The van der Waals surface area contributed by atoms with Crippen LogP contribution in [-0.4, -0.2) is 67.3 Å². The van der Waals surface area contributed by atoms with Gasteiger partial charge in [-0.15, -0.1) is 0 Å². The number of hydrogen-bond donors (Lipinski definition) is 3. The van der Waals surface area contributed by atoms with Crippen molar-refractivity contribution in [1.82, 2.24) is 34.7 Å². The summed E-state index contributed by atoms with van der Waals surface area (Å²) in [6.07, 6.45) is 6.67. The molecule has 2 aliphatic heterocycles. The Morgan fingerprint density at radius 1 is 1.02 bits per heavy atom. The van der Waals surface area contributed by atoms with E-state index in [1.165, 1.54) is 29.0 Å². The molecular formula is C29H27F2N9O3S. The molecule has 2 saturated heterocycles. The molecule has 2 unspecified atom stereocenters. The minimum Gasteiger partial charge on any atom is -0.382 e. The molecule has 0 aliphatic carbocycles. The molecule has 0 spiro atoms. The van der Waals surface area contributed by atoms with Crippen molar-refractivity contribution < 1.29 is 22.0 Å². The molecule has 5 aromatic rings. The Balaban J connectivity index is 1.27. The number of fused-ring (bicyclic) bond motifs is 3. The second-order valence-electron chi connectivity index (χ2n) is 11.3.